The minimum Gasteiger partial charge on any atom is -0.436 e. The van der Waals surface area contributed by atoms with Crippen molar-refractivity contribution in [2.75, 3.05) is 0 Å². The fourth-order valence-electron chi connectivity index (χ4n) is 3.86. The molecule has 4 atom stereocenters. The normalized spacial score (nSPS) is 14.9. The van der Waals surface area contributed by atoms with Crippen LogP contribution in [0.4, 0.5) is 0 Å². The molecule has 0 aromatic carbocycles. The predicted molar refractivity (Wildman–Crippen MR) is 137 cm³/mol. The molecule has 0 spiro atoms. The summed E-state index contributed by atoms with van der Waals surface area (Å²) < 4.78 is 23.2. The quantitative estimate of drug-likeness (QED) is 0.0831. The lowest BCUT2D eigenvalue weighted by Gasteiger charge is -2.24. The summed E-state index contributed by atoms with van der Waals surface area (Å²) >= 11 is 0. The molecule has 202 valence electrons. The van der Waals surface area contributed by atoms with E-state index in [0.717, 1.165) is 64.2 Å². The van der Waals surface area contributed by atoms with E-state index in [1.165, 1.54) is 0 Å². The highest BCUT2D eigenvalue weighted by Crippen LogP contribution is 2.18. The molecule has 0 radical (unpaired) electrons. The number of esters is 2. The fraction of sp³-hybridized carbons (Fsp3) is 0.929. The largest absolute Gasteiger partial charge is 0.436 e. The first-order valence-electron chi connectivity index (χ1n) is 14.1. The van der Waals surface area contributed by atoms with E-state index >= 15 is 0 Å². The molecule has 0 saturated heterocycles. The van der Waals surface area contributed by atoms with E-state index in [1.807, 2.05) is 13.8 Å². The minimum atomic E-state index is -0.489. The monoisotopic (exact) mass is 486 g/mol. The Morgan fingerprint density at radius 3 is 1.21 bits per heavy atom. The van der Waals surface area contributed by atoms with Gasteiger partial charge in [0.05, 0.1) is 12.2 Å². The maximum Gasteiger partial charge on any atom is 0.308 e. The van der Waals surface area contributed by atoms with Crippen LogP contribution in [0.5, 0.6) is 0 Å². The molecule has 0 aromatic heterocycles. The van der Waals surface area contributed by atoms with Crippen LogP contribution in [0.3, 0.4) is 0 Å². The second-order valence-corrected chi connectivity index (χ2v) is 9.24. The van der Waals surface area contributed by atoms with Gasteiger partial charge in [-0.25, -0.2) is 0 Å². The summed E-state index contributed by atoms with van der Waals surface area (Å²) in [7, 11) is 0. The van der Waals surface area contributed by atoms with Crippen LogP contribution in [0.2, 0.25) is 0 Å². The number of rotatable bonds is 23. The maximum absolute atomic E-state index is 12.3. The third-order valence-corrected chi connectivity index (χ3v) is 5.87. The van der Waals surface area contributed by atoms with Crippen LogP contribution in [0.1, 0.15) is 144 Å². The van der Waals surface area contributed by atoms with Crippen LogP contribution in [-0.4, -0.2) is 36.7 Å². The Bertz CT molecular complexity index is 451. The Kier molecular flexibility index (Phi) is 21.6. The van der Waals surface area contributed by atoms with Gasteiger partial charge >= 0.3 is 11.9 Å². The van der Waals surface area contributed by atoms with Gasteiger partial charge in [-0.05, 0) is 38.5 Å². The molecule has 4 unspecified atom stereocenters. The van der Waals surface area contributed by atoms with E-state index in [-0.39, 0.29) is 37.0 Å². The molecule has 34 heavy (non-hydrogen) atoms. The Labute approximate surface area is 209 Å². The van der Waals surface area contributed by atoms with Crippen molar-refractivity contribution in [1.82, 2.24) is 0 Å². The highest BCUT2D eigenvalue weighted by Gasteiger charge is 2.20. The molecule has 0 aliphatic rings. The average molecular weight is 487 g/mol. The maximum atomic E-state index is 12.3. The molecular weight excluding hydrogens is 432 g/mol. The van der Waals surface area contributed by atoms with Crippen LogP contribution in [-0.2, 0) is 28.5 Å². The first kappa shape index (κ1) is 32.9. The van der Waals surface area contributed by atoms with E-state index in [2.05, 4.69) is 27.7 Å². The zero-order chi connectivity index (χ0) is 25.6. The third-order valence-electron chi connectivity index (χ3n) is 5.87. The molecule has 0 N–H and O–H groups in total. The van der Waals surface area contributed by atoms with Gasteiger partial charge in [0.1, 0.15) is 0 Å². The molecule has 0 saturated carbocycles. The Hall–Kier alpha value is -1.14. The van der Waals surface area contributed by atoms with Crippen LogP contribution in [0, 0.1) is 0 Å². The lowest BCUT2D eigenvalue weighted by Crippen LogP contribution is -2.27. The summed E-state index contributed by atoms with van der Waals surface area (Å²) in [5.41, 5.74) is 0. The molecule has 6 heteroatoms. The number of carbonyl (C=O) groups excluding carboxylic acids is 2. The van der Waals surface area contributed by atoms with Crippen molar-refractivity contribution in [1.29, 1.82) is 0 Å². The van der Waals surface area contributed by atoms with Gasteiger partial charge in [-0.1, -0.05) is 80.1 Å². The second kappa shape index (κ2) is 22.3. The van der Waals surface area contributed by atoms with E-state index in [1.54, 1.807) is 0 Å². The number of unbranched alkanes of at least 4 members (excludes halogenated alkanes) is 3. The molecule has 0 heterocycles. The summed E-state index contributed by atoms with van der Waals surface area (Å²) in [5.74, 6) is -0.530. The first-order valence-corrected chi connectivity index (χ1v) is 14.1. The van der Waals surface area contributed by atoms with Gasteiger partial charge in [0, 0.05) is 25.7 Å². The highest BCUT2D eigenvalue weighted by molar-refractivity contribution is 5.70. The SMILES string of the molecule is CCCCC(CCC)OC(CC)OC(=O)CCCCC(=O)OC(CC)OC(CCC)CCCC. The van der Waals surface area contributed by atoms with Gasteiger partial charge in [0.15, 0.2) is 0 Å². The molecule has 0 amide bonds. The third kappa shape index (κ3) is 17.3. The van der Waals surface area contributed by atoms with Crippen molar-refractivity contribution in [2.24, 2.45) is 0 Å². The van der Waals surface area contributed by atoms with Gasteiger partial charge < -0.3 is 18.9 Å². The molecule has 0 rings (SSSR count). The summed E-state index contributed by atoms with van der Waals surface area (Å²) in [6.45, 7) is 12.6. The van der Waals surface area contributed by atoms with Crippen LogP contribution >= 0.6 is 0 Å². The predicted octanol–water partition coefficient (Wildman–Crippen LogP) is 7.86. The van der Waals surface area contributed by atoms with Crippen molar-refractivity contribution in [3.63, 3.8) is 0 Å². The van der Waals surface area contributed by atoms with E-state index < -0.39 is 12.6 Å². The summed E-state index contributed by atoms with van der Waals surface area (Å²) in [4.78, 5) is 24.5. The van der Waals surface area contributed by atoms with Crippen LogP contribution < -0.4 is 0 Å². The molecular formula is C28H54O6. The minimum absolute atomic E-state index is 0.144. The van der Waals surface area contributed by atoms with Gasteiger partial charge in [-0.15, -0.1) is 0 Å². The van der Waals surface area contributed by atoms with Gasteiger partial charge in [0.25, 0.3) is 0 Å². The van der Waals surface area contributed by atoms with E-state index in [4.69, 9.17) is 18.9 Å². The molecule has 6 nitrogen and oxygen atoms in total. The lowest BCUT2D eigenvalue weighted by molar-refractivity contribution is -0.194. The van der Waals surface area contributed by atoms with Gasteiger partial charge in [-0.3, -0.25) is 9.59 Å². The molecule has 0 fully saturated rings. The molecule has 0 bridgehead atoms. The van der Waals surface area contributed by atoms with Crippen LogP contribution in [0.15, 0.2) is 0 Å². The van der Waals surface area contributed by atoms with Crippen LogP contribution in [0.25, 0.3) is 0 Å². The van der Waals surface area contributed by atoms with E-state index in [9.17, 15) is 9.59 Å². The van der Waals surface area contributed by atoms with Crippen molar-refractivity contribution >= 4 is 11.9 Å². The zero-order valence-corrected chi connectivity index (χ0v) is 23.1. The molecule has 0 aromatic rings. The van der Waals surface area contributed by atoms with E-state index in [0.29, 0.717) is 25.7 Å². The molecule has 0 aliphatic heterocycles. The fourth-order valence-corrected chi connectivity index (χ4v) is 3.86. The summed E-state index contributed by atoms with van der Waals surface area (Å²) in [5, 5.41) is 0. The highest BCUT2D eigenvalue weighted by atomic mass is 16.7. The number of ether oxygens (including phenoxy) is 4. The number of hydrogen-bond acceptors (Lipinski definition) is 6. The Morgan fingerprint density at radius 2 is 0.912 bits per heavy atom. The van der Waals surface area contributed by atoms with Gasteiger partial charge in [-0.2, -0.15) is 0 Å². The first-order chi connectivity index (χ1) is 16.4. The van der Waals surface area contributed by atoms with Crippen molar-refractivity contribution in [2.45, 2.75) is 169 Å². The lowest BCUT2D eigenvalue weighted by atomic mass is 10.1. The van der Waals surface area contributed by atoms with Crippen molar-refractivity contribution in [3.8, 4) is 0 Å². The Balaban J connectivity index is 4.29. The van der Waals surface area contributed by atoms with Crippen molar-refractivity contribution < 1.29 is 28.5 Å². The number of hydrogen-bond donors (Lipinski definition) is 0. The van der Waals surface area contributed by atoms with Crippen molar-refractivity contribution in [3.05, 3.63) is 0 Å². The zero-order valence-electron chi connectivity index (χ0n) is 23.1. The second-order valence-electron chi connectivity index (χ2n) is 9.24. The smallest absolute Gasteiger partial charge is 0.308 e. The topological polar surface area (TPSA) is 71.1 Å². The summed E-state index contributed by atoms with van der Waals surface area (Å²) in [6.07, 6.45) is 12.9. The number of carbonyl (C=O) groups is 2. The average Bonchev–Trinajstić information content (AvgIpc) is 2.82. The standard InChI is InChI=1S/C28H54O6/c1-7-13-19-23(17-9-3)31-27(11-5)33-25(29)21-15-16-22-26(30)34-28(12-6)32-24(18-10-4)20-14-8-2/h23-24,27-28H,7-22H2,1-6H3. The molecule has 0 aliphatic carbocycles. The summed E-state index contributed by atoms with van der Waals surface area (Å²) in [6, 6.07) is 0. The Morgan fingerprint density at radius 1 is 0.529 bits per heavy atom. The van der Waals surface area contributed by atoms with Gasteiger partial charge in [0.2, 0.25) is 12.6 Å².